The van der Waals surface area contributed by atoms with Gasteiger partial charge in [0.1, 0.15) is 25.4 Å². The Kier molecular flexibility index (Phi) is 3.73. The fourth-order valence-corrected chi connectivity index (χ4v) is 2.23. The molecule has 1 fully saturated rings. The lowest BCUT2D eigenvalue weighted by Gasteiger charge is -2.37. The maximum atomic E-state index is 12.5. The van der Waals surface area contributed by atoms with Gasteiger partial charge in [-0.3, -0.25) is 0 Å². The lowest BCUT2D eigenvalue weighted by molar-refractivity contribution is -0.929. The third-order valence-electron chi connectivity index (χ3n) is 3.52. The van der Waals surface area contributed by atoms with Crippen LogP contribution < -0.4 is 0 Å². The first-order valence-electron chi connectivity index (χ1n) is 6.11. The summed E-state index contributed by atoms with van der Waals surface area (Å²) in [6.45, 7) is 3.37. The molecule has 1 aromatic rings. The summed E-state index contributed by atoms with van der Waals surface area (Å²) < 4.78 is 43.4. The van der Waals surface area contributed by atoms with Crippen LogP contribution in [-0.4, -0.2) is 42.9 Å². The number of rotatable bonds is 2. The summed E-state index contributed by atoms with van der Waals surface area (Å²) in [7, 11) is 2.01. The van der Waals surface area contributed by atoms with Gasteiger partial charge in [-0.15, -0.1) is 0 Å². The van der Waals surface area contributed by atoms with Crippen molar-refractivity contribution in [3.63, 3.8) is 0 Å². The molecule has 0 unspecified atom stereocenters. The van der Waals surface area contributed by atoms with E-state index in [1.165, 1.54) is 6.07 Å². The average molecular weight is 276 g/mol. The van der Waals surface area contributed by atoms with E-state index in [-0.39, 0.29) is 5.75 Å². The summed E-state index contributed by atoms with van der Waals surface area (Å²) in [5.74, 6) is -0.291. The number of halogens is 3. The van der Waals surface area contributed by atoms with Crippen molar-refractivity contribution in [2.45, 2.75) is 12.7 Å². The Labute approximate surface area is 109 Å². The number of hydrogen-bond donors (Lipinski definition) is 1. The molecule has 1 aliphatic heterocycles. The molecule has 0 saturated carbocycles. The molecule has 19 heavy (non-hydrogen) atoms. The van der Waals surface area contributed by atoms with Crippen LogP contribution in [-0.2, 0) is 17.5 Å². The fraction of sp³-hybridized carbons (Fsp3) is 0.538. The standard InChI is InChI=1S/C13H16F3NO2/c1-17(4-6-19-7-5-17)9-10-2-3-11(8-12(10)18)13(14,15)16/h2-3,8H,4-7,9H2,1H3/p+1. The Morgan fingerprint density at radius 2 is 1.89 bits per heavy atom. The van der Waals surface area contributed by atoms with Crippen molar-refractivity contribution in [1.29, 1.82) is 0 Å². The highest BCUT2D eigenvalue weighted by atomic mass is 19.4. The van der Waals surface area contributed by atoms with Crippen LogP contribution in [0.15, 0.2) is 18.2 Å². The summed E-state index contributed by atoms with van der Waals surface area (Å²) >= 11 is 0. The smallest absolute Gasteiger partial charge is 0.416 e. The van der Waals surface area contributed by atoms with Gasteiger partial charge in [0, 0.05) is 5.56 Å². The van der Waals surface area contributed by atoms with Crippen molar-refractivity contribution in [3.8, 4) is 5.75 Å². The summed E-state index contributed by atoms with van der Waals surface area (Å²) in [6.07, 6.45) is -4.42. The minimum atomic E-state index is -4.42. The second kappa shape index (κ2) is 5.02. The van der Waals surface area contributed by atoms with Crippen molar-refractivity contribution in [2.75, 3.05) is 33.4 Å². The second-order valence-electron chi connectivity index (χ2n) is 5.18. The van der Waals surface area contributed by atoms with Crippen LogP contribution in [0, 0.1) is 0 Å². The molecule has 0 spiro atoms. The lowest BCUT2D eigenvalue weighted by Crippen LogP contribution is -2.51. The van der Waals surface area contributed by atoms with Gasteiger partial charge in [-0.05, 0) is 18.2 Å². The first kappa shape index (κ1) is 14.1. The summed E-state index contributed by atoms with van der Waals surface area (Å²) in [5.41, 5.74) is -0.282. The third-order valence-corrected chi connectivity index (χ3v) is 3.52. The monoisotopic (exact) mass is 276 g/mol. The molecule has 1 heterocycles. The molecule has 0 bridgehead atoms. The number of phenolic OH excluding ortho intramolecular Hbond substituents is 1. The third kappa shape index (κ3) is 3.39. The van der Waals surface area contributed by atoms with Crippen LogP contribution in [0.4, 0.5) is 13.2 Å². The van der Waals surface area contributed by atoms with E-state index in [4.69, 9.17) is 4.74 Å². The molecular formula is C13H17F3NO2+. The molecule has 0 radical (unpaired) electrons. The molecule has 0 atom stereocenters. The summed E-state index contributed by atoms with van der Waals surface area (Å²) in [5, 5.41) is 9.76. The van der Waals surface area contributed by atoms with Gasteiger partial charge in [0.2, 0.25) is 0 Å². The topological polar surface area (TPSA) is 29.5 Å². The summed E-state index contributed by atoms with van der Waals surface area (Å²) in [4.78, 5) is 0. The Balaban J connectivity index is 2.17. The number of ether oxygens (including phenoxy) is 1. The van der Waals surface area contributed by atoms with Crippen LogP contribution in [0.5, 0.6) is 5.75 Å². The van der Waals surface area contributed by atoms with E-state index in [0.29, 0.717) is 29.8 Å². The van der Waals surface area contributed by atoms with Crippen molar-refractivity contribution < 1.29 is 27.5 Å². The van der Waals surface area contributed by atoms with Crippen LogP contribution in [0.3, 0.4) is 0 Å². The maximum absolute atomic E-state index is 12.5. The zero-order valence-corrected chi connectivity index (χ0v) is 10.7. The fourth-order valence-electron chi connectivity index (χ4n) is 2.23. The SMILES string of the molecule is C[N+]1(Cc2ccc(C(F)(F)F)cc2O)CCOCC1. The Hall–Kier alpha value is -1.27. The quantitative estimate of drug-likeness (QED) is 0.840. The first-order chi connectivity index (χ1) is 8.80. The Bertz CT molecular complexity index is 454. The van der Waals surface area contributed by atoms with E-state index >= 15 is 0 Å². The molecule has 0 aliphatic carbocycles. The Morgan fingerprint density at radius 1 is 1.26 bits per heavy atom. The van der Waals surface area contributed by atoms with Crippen LogP contribution in [0.25, 0.3) is 0 Å². The van der Waals surface area contributed by atoms with E-state index in [0.717, 1.165) is 25.2 Å². The molecule has 1 N–H and O–H groups in total. The minimum Gasteiger partial charge on any atom is -0.507 e. The van der Waals surface area contributed by atoms with Crippen LogP contribution in [0.2, 0.25) is 0 Å². The molecular weight excluding hydrogens is 259 g/mol. The Morgan fingerprint density at radius 3 is 2.42 bits per heavy atom. The minimum absolute atomic E-state index is 0.291. The molecule has 1 aromatic carbocycles. The molecule has 0 aromatic heterocycles. The molecule has 1 saturated heterocycles. The maximum Gasteiger partial charge on any atom is 0.416 e. The van der Waals surface area contributed by atoms with Crippen molar-refractivity contribution in [1.82, 2.24) is 0 Å². The molecule has 106 valence electrons. The van der Waals surface area contributed by atoms with Gasteiger partial charge in [0.05, 0.1) is 25.8 Å². The number of quaternary nitrogens is 1. The van der Waals surface area contributed by atoms with E-state index in [2.05, 4.69) is 0 Å². The normalized spacial score (nSPS) is 19.4. The average Bonchev–Trinajstić information content (AvgIpc) is 2.31. The zero-order valence-electron chi connectivity index (χ0n) is 10.7. The molecule has 3 nitrogen and oxygen atoms in total. The van der Waals surface area contributed by atoms with Crippen molar-refractivity contribution in [2.24, 2.45) is 0 Å². The molecule has 1 aliphatic rings. The predicted molar refractivity (Wildman–Crippen MR) is 63.6 cm³/mol. The predicted octanol–water partition coefficient (Wildman–Crippen LogP) is 2.39. The van der Waals surface area contributed by atoms with E-state index in [9.17, 15) is 18.3 Å². The van der Waals surface area contributed by atoms with Gasteiger partial charge in [0.25, 0.3) is 0 Å². The van der Waals surface area contributed by atoms with E-state index in [1.54, 1.807) is 0 Å². The first-order valence-corrected chi connectivity index (χ1v) is 6.11. The number of likely N-dealkylation sites (N-methyl/N-ethyl adjacent to an activating group) is 1. The highest BCUT2D eigenvalue weighted by Crippen LogP contribution is 2.33. The van der Waals surface area contributed by atoms with Gasteiger partial charge in [-0.1, -0.05) is 0 Å². The number of alkyl halides is 3. The molecule has 2 rings (SSSR count). The largest absolute Gasteiger partial charge is 0.507 e. The molecule has 0 amide bonds. The number of aromatic hydroxyl groups is 1. The van der Waals surface area contributed by atoms with Gasteiger partial charge < -0.3 is 14.3 Å². The number of nitrogens with zero attached hydrogens (tertiary/aromatic N) is 1. The van der Waals surface area contributed by atoms with Gasteiger partial charge >= 0.3 is 6.18 Å². The van der Waals surface area contributed by atoms with Crippen molar-refractivity contribution >= 4 is 0 Å². The highest BCUT2D eigenvalue weighted by molar-refractivity contribution is 5.37. The van der Waals surface area contributed by atoms with Crippen molar-refractivity contribution in [3.05, 3.63) is 29.3 Å². The number of morpholine rings is 1. The molecule has 6 heteroatoms. The van der Waals surface area contributed by atoms with Crippen LogP contribution in [0.1, 0.15) is 11.1 Å². The number of benzene rings is 1. The zero-order chi connectivity index (χ0) is 14.1. The van der Waals surface area contributed by atoms with Gasteiger partial charge in [0.15, 0.2) is 0 Å². The number of phenols is 1. The second-order valence-corrected chi connectivity index (χ2v) is 5.18. The number of hydrogen-bond acceptors (Lipinski definition) is 2. The van der Waals surface area contributed by atoms with E-state index < -0.39 is 11.7 Å². The van der Waals surface area contributed by atoms with Gasteiger partial charge in [-0.2, -0.15) is 13.2 Å². The highest BCUT2D eigenvalue weighted by Gasteiger charge is 2.32. The van der Waals surface area contributed by atoms with Crippen LogP contribution >= 0.6 is 0 Å². The van der Waals surface area contributed by atoms with E-state index in [1.807, 2.05) is 7.05 Å². The summed E-state index contributed by atoms with van der Waals surface area (Å²) in [6, 6.07) is 3.17. The van der Waals surface area contributed by atoms with Gasteiger partial charge in [-0.25, -0.2) is 0 Å². The lowest BCUT2D eigenvalue weighted by atomic mass is 10.1.